The summed E-state index contributed by atoms with van der Waals surface area (Å²) in [6.45, 7) is 2.00. The van der Waals surface area contributed by atoms with E-state index in [4.69, 9.17) is 5.73 Å². The van der Waals surface area contributed by atoms with Crippen LogP contribution in [0.3, 0.4) is 0 Å². The Kier molecular flexibility index (Phi) is 2.74. The van der Waals surface area contributed by atoms with Crippen LogP contribution in [0.2, 0.25) is 0 Å². The van der Waals surface area contributed by atoms with Gasteiger partial charge < -0.3 is 10.6 Å². The smallest absolute Gasteiger partial charge is 0.141 e. The lowest BCUT2D eigenvalue weighted by atomic mass is 9.78. The van der Waals surface area contributed by atoms with E-state index in [1.165, 1.54) is 25.1 Å². The summed E-state index contributed by atoms with van der Waals surface area (Å²) in [6, 6.07) is 3.57. The summed E-state index contributed by atoms with van der Waals surface area (Å²) < 4.78 is 12.8. The van der Waals surface area contributed by atoms with Gasteiger partial charge in [-0.15, -0.1) is 0 Å². The molecule has 2 fully saturated rings. The van der Waals surface area contributed by atoms with Gasteiger partial charge in [0.15, 0.2) is 0 Å². The highest BCUT2D eigenvalue weighted by molar-refractivity contribution is 5.40. The first-order valence-corrected chi connectivity index (χ1v) is 6.36. The molecule has 1 saturated carbocycles. The van der Waals surface area contributed by atoms with Crippen molar-refractivity contribution < 1.29 is 4.39 Å². The highest BCUT2D eigenvalue weighted by Gasteiger charge is 2.38. The Hall–Kier alpha value is -1.16. The van der Waals surface area contributed by atoms with Crippen molar-refractivity contribution in [2.24, 2.45) is 17.6 Å². The van der Waals surface area contributed by atoms with Crippen LogP contribution in [0, 0.1) is 17.7 Å². The zero-order chi connectivity index (χ0) is 11.8. The van der Waals surface area contributed by atoms with E-state index in [0.29, 0.717) is 17.9 Å². The molecule has 1 aliphatic carbocycles. The summed E-state index contributed by atoms with van der Waals surface area (Å²) >= 11 is 0. The number of aromatic nitrogens is 1. The number of pyridine rings is 1. The van der Waals surface area contributed by atoms with Gasteiger partial charge >= 0.3 is 0 Å². The van der Waals surface area contributed by atoms with E-state index in [0.717, 1.165) is 25.3 Å². The van der Waals surface area contributed by atoms with Crippen molar-refractivity contribution in [2.45, 2.75) is 25.3 Å². The van der Waals surface area contributed by atoms with Crippen molar-refractivity contribution in [2.75, 3.05) is 18.0 Å². The van der Waals surface area contributed by atoms with Crippen molar-refractivity contribution in [3.8, 4) is 0 Å². The minimum Gasteiger partial charge on any atom is -0.356 e. The summed E-state index contributed by atoms with van der Waals surface area (Å²) in [5.74, 6) is 1.90. The molecule has 1 aromatic heterocycles. The van der Waals surface area contributed by atoms with Crippen LogP contribution in [0.1, 0.15) is 19.3 Å². The average molecular weight is 235 g/mol. The summed E-state index contributed by atoms with van der Waals surface area (Å²) in [5, 5.41) is 0. The minimum absolute atomic E-state index is 0.276. The third-order valence-corrected chi connectivity index (χ3v) is 4.19. The predicted octanol–water partition coefficient (Wildman–Crippen LogP) is 1.78. The zero-order valence-corrected chi connectivity index (χ0v) is 9.85. The topological polar surface area (TPSA) is 42.1 Å². The van der Waals surface area contributed by atoms with Gasteiger partial charge in [-0.2, -0.15) is 0 Å². The summed E-state index contributed by atoms with van der Waals surface area (Å²) in [7, 11) is 0. The van der Waals surface area contributed by atoms with Gasteiger partial charge in [0.25, 0.3) is 0 Å². The predicted molar refractivity (Wildman–Crippen MR) is 65.2 cm³/mol. The lowest BCUT2D eigenvalue weighted by molar-refractivity contribution is 0.260. The van der Waals surface area contributed by atoms with Crippen molar-refractivity contribution in [1.29, 1.82) is 0 Å². The van der Waals surface area contributed by atoms with Gasteiger partial charge in [0.1, 0.15) is 11.6 Å². The Bertz CT molecular complexity index is 392. The maximum absolute atomic E-state index is 12.8. The molecular formula is C13H18FN3. The van der Waals surface area contributed by atoms with Crippen LogP contribution in [0.5, 0.6) is 0 Å². The first-order chi connectivity index (χ1) is 8.24. The highest BCUT2D eigenvalue weighted by Crippen LogP contribution is 2.36. The molecule has 92 valence electrons. The van der Waals surface area contributed by atoms with E-state index in [1.807, 2.05) is 0 Å². The van der Waals surface area contributed by atoms with E-state index >= 15 is 0 Å². The van der Waals surface area contributed by atoms with Crippen LogP contribution >= 0.6 is 0 Å². The van der Waals surface area contributed by atoms with E-state index in [9.17, 15) is 4.39 Å². The zero-order valence-electron chi connectivity index (χ0n) is 9.85. The number of anilines is 1. The second-order valence-corrected chi connectivity index (χ2v) is 5.26. The van der Waals surface area contributed by atoms with Gasteiger partial charge in [-0.3, -0.25) is 0 Å². The van der Waals surface area contributed by atoms with E-state index in [-0.39, 0.29) is 5.82 Å². The number of halogens is 1. The van der Waals surface area contributed by atoms with E-state index in [1.54, 1.807) is 6.07 Å². The number of nitrogens with zero attached hydrogens (tertiary/aromatic N) is 2. The van der Waals surface area contributed by atoms with Crippen molar-refractivity contribution >= 4 is 5.82 Å². The fourth-order valence-corrected chi connectivity index (χ4v) is 3.26. The maximum atomic E-state index is 12.8. The minimum atomic E-state index is -0.276. The molecular weight excluding hydrogens is 217 g/mol. The molecule has 0 aromatic carbocycles. The van der Waals surface area contributed by atoms with Gasteiger partial charge in [0.2, 0.25) is 0 Å². The lowest BCUT2D eigenvalue weighted by Gasteiger charge is -2.29. The lowest BCUT2D eigenvalue weighted by Crippen LogP contribution is -2.38. The largest absolute Gasteiger partial charge is 0.356 e. The number of fused-ring (bicyclic) bond motifs is 1. The molecule has 0 bridgehead atoms. The average Bonchev–Trinajstić information content (AvgIpc) is 2.75. The number of hydrogen-bond donors (Lipinski definition) is 1. The highest BCUT2D eigenvalue weighted by atomic mass is 19.1. The Balaban J connectivity index is 1.76. The number of rotatable bonds is 1. The van der Waals surface area contributed by atoms with Crippen LogP contribution in [0.25, 0.3) is 0 Å². The van der Waals surface area contributed by atoms with Gasteiger partial charge in [-0.05, 0) is 36.8 Å². The van der Waals surface area contributed by atoms with E-state index < -0.39 is 0 Å². The van der Waals surface area contributed by atoms with Gasteiger partial charge in [0.05, 0.1) is 6.20 Å². The molecule has 1 aliphatic heterocycles. The molecule has 17 heavy (non-hydrogen) atoms. The molecule has 3 rings (SSSR count). The van der Waals surface area contributed by atoms with Crippen LogP contribution in [-0.4, -0.2) is 24.1 Å². The quantitative estimate of drug-likeness (QED) is 0.807. The Morgan fingerprint density at radius 2 is 2.18 bits per heavy atom. The fourth-order valence-electron chi connectivity index (χ4n) is 3.26. The van der Waals surface area contributed by atoms with Crippen molar-refractivity contribution in [1.82, 2.24) is 4.98 Å². The molecule has 1 aromatic rings. The second kappa shape index (κ2) is 4.26. The molecule has 1 saturated heterocycles. The number of hydrogen-bond acceptors (Lipinski definition) is 3. The molecule has 2 heterocycles. The molecule has 4 heteroatoms. The molecule has 2 N–H and O–H groups in total. The molecule has 3 atom stereocenters. The second-order valence-electron chi connectivity index (χ2n) is 5.26. The van der Waals surface area contributed by atoms with Gasteiger partial charge in [-0.1, -0.05) is 6.42 Å². The molecule has 0 spiro atoms. The van der Waals surface area contributed by atoms with Crippen LogP contribution < -0.4 is 10.6 Å². The standard InChI is InChI=1S/C13H18FN3/c14-10-4-5-13(16-6-10)17-7-9-2-1-3-12(15)11(9)8-17/h4-6,9,11-12H,1-3,7-8,15H2. The molecule has 3 nitrogen and oxygen atoms in total. The Morgan fingerprint density at radius 1 is 1.29 bits per heavy atom. The first kappa shape index (κ1) is 11.0. The monoisotopic (exact) mass is 235 g/mol. The fraction of sp³-hybridized carbons (Fsp3) is 0.615. The third kappa shape index (κ3) is 2.02. The van der Waals surface area contributed by atoms with Crippen molar-refractivity contribution in [3.63, 3.8) is 0 Å². The van der Waals surface area contributed by atoms with Gasteiger partial charge in [0, 0.05) is 19.1 Å². The van der Waals surface area contributed by atoms with Gasteiger partial charge in [-0.25, -0.2) is 9.37 Å². The van der Waals surface area contributed by atoms with Crippen molar-refractivity contribution in [3.05, 3.63) is 24.1 Å². The van der Waals surface area contributed by atoms with Crippen LogP contribution in [0.15, 0.2) is 18.3 Å². The molecule has 0 amide bonds. The summed E-state index contributed by atoms with van der Waals surface area (Å²) in [4.78, 5) is 6.40. The van der Waals surface area contributed by atoms with Crippen LogP contribution in [-0.2, 0) is 0 Å². The normalized spacial score (nSPS) is 32.6. The first-order valence-electron chi connectivity index (χ1n) is 6.36. The third-order valence-electron chi connectivity index (χ3n) is 4.19. The SMILES string of the molecule is NC1CCCC2CN(c3ccc(F)cn3)CC12. The van der Waals surface area contributed by atoms with E-state index in [2.05, 4.69) is 9.88 Å². The number of nitrogens with two attached hydrogens (primary N) is 1. The Labute approximate surface area is 101 Å². The summed E-state index contributed by atoms with van der Waals surface area (Å²) in [5.41, 5.74) is 6.18. The molecule has 3 unspecified atom stereocenters. The Morgan fingerprint density at radius 3 is 2.88 bits per heavy atom. The molecule has 2 aliphatic rings. The maximum Gasteiger partial charge on any atom is 0.141 e. The summed E-state index contributed by atoms with van der Waals surface area (Å²) in [6.07, 6.45) is 4.95. The van der Waals surface area contributed by atoms with Crippen LogP contribution in [0.4, 0.5) is 10.2 Å². The molecule has 0 radical (unpaired) electrons.